The largest absolute Gasteiger partial charge is 0.335 e. The van der Waals surface area contributed by atoms with Gasteiger partial charge in [-0.2, -0.15) is 0 Å². The van der Waals surface area contributed by atoms with Gasteiger partial charge in [0.15, 0.2) is 0 Å². The maximum absolute atomic E-state index is 2.70. The van der Waals surface area contributed by atoms with Crippen LogP contribution in [0.3, 0.4) is 0 Å². The maximum Gasteiger partial charge on any atom is 0.0647 e. The Morgan fingerprint density at radius 2 is 1.04 bits per heavy atom. The first-order valence-corrected chi connectivity index (χ1v) is 21.2. The van der Waals surface area contributed by atoms with Gasteiger partial charge in [0, 0.05) is 48.9 Å². The molecule has 0 bridgehead atoms. The van der Waals surface area contributed by atoms with Gasteiger partial charge >= 0.3 is 0 Å². The Morgan fingerprint density at radius 1 is 0.464 bits per heavy atom. The molecule has 56 heavy (non-hydrogen) atoms. The monoisotopic (exact) mass is 754 g/mol. The van der Waals surface area contributed by atoms with E-state index in [-0.39, 0.29) is 0 Å². The Morgan fingerprint density at radius 3 is 1.73 bits per heavy atom. The minimum Gasteiger partial charge on any atom is -0.335 e. The molecule has 3 aliphatic rings. The van der Waals surface area contributed by atoms with Crippen molar-refractivity contribution in [3.63, 3.8) is 0 Å². The van der Waals surface area contributed by atoms with Crippen molar-refractivity contribution in [2.24, 2.45) is 5.92 Å². The molecule has 11 rings (SSSR count). The molecule has 0 radical (unpaired) electrons. The van der Waals surface area contributed by atoms with Crippen molar-refractivity contribution in [3.05, 3.63) is 211 Å². The molecule has 0 N–H and O–H groups in total. The average molecular weight is 755 g/mol. The summed E-state index contributed by atoms with van der Waals surface area (Å²) in [6.07, 6.45) is 9.36. The fourth-order valence-electron chi connectivity index (χ4n) is 8.94. The minimum absolute atomic E-state index is 0.381. The van der Waals surface area contributed by atoms with E-state index in [1.807, 2.05) is 11.3 Å². The van der Waals surface area contributed by atoms with Crippen LogP contribution in [-0.4, -0.2) is 11.3 Å². The SMILES string of the molecule is C1=CC2SC3c4sc5ccccc5c4N(c4cccc(-c5cccc(N(c6ccc(-c7ccccc7)cc6)c6ccc(-c7ccccc7)cc6)c5)c4)C3C2C=C1. The summed E-state index contributed by atoms with van der Waals surface area (Å²) in [5, 5.41) is 2.33. The lowest BCUT2D eigenvalue weighted by Crippen LogP contribution is -2.35. The Balaban J connectivity index is 0.994. The standard InChI is InChI=1S/C52H38N2S2/c1-3-13-35(14-4-1)37-25-29-41(30-26-37)53(42-31-27-38(28-32-42)36-15-5-2-6-16-36)43-19-11-17-39(33-43)40-18-12-20-44(34-40)54-49-45-21-7-9-23-47(45)55-51(49)52-50(54)46-22-8-10-24-48(46)56-52/h1-34,45,47,49,51H. The second-order valence-electron chi connectivity index (χ2n) is 14.8. The third-order valence-electron chi connectivity index (χ3n) is 11.6. The van der Waals surface area contributed by atoms with Crippen molar-refractivity contribution < 1.29 is 0 Å². The van der Waals surface area contributed by atoms with Crippen LogP contribution < -0.4 is 9.80 Å². The number of thioether (sulfide) groups is 1. The summed E-state index contributed by atoms with van der Waals surface area (Å²) in [7, 11) is 0. The van der Waals surface area contributed by atoms with Gasteiger partial charge in [-0.15, -0.1) is 23.1 Å². The molecule has 1 saturated heterocycles. The smallest absolute Gasteiger partial charge is 0.0647 e. The molecule has 4 atom stereocenters. The average Bonchev–Trinajstić information content (AvgIpc) is 3.93. The molecule has 0 amide bonds. The van der Waals surface area contributed by atoms with Crippen LogP contribution in [0.5, 0.6) is 0 Å². The first-order chi connectivity index (χ1) is 27.8. The fourth-order valence-corrected chi connectivity index (χ4v) is 12.1. The van der Waals surface area contributed by atoms with Gasteiger partial charge in [-0.25, -0.2) is 0 Å². The Labute approximate surface area is 336 Å². The van der Waals surface area contributed by atoms with E-state index in [2.05, 4.69) is 228 Å². The molecule has 268 valence electrons. The van der Waals surface area contributed by atoms with Crippen molar-refractivity contribution >= 4 is 61.6 Å². The van der Waals surface area contributed by atoms with Crippen LogP contribution in [0.4, 0.5) is 28.4 Å². The van der Waals surface area contributed by atoms with Crippen LogP contribution in [0.2, 0.25) is 0 Å². The predicted molar refractivity (Wildman–Crippen MR) is 241 cm³/mol. The van der Waals surface area contributed by atoms with E-state index < -0.39 is 0 Å². The van der Waals surface area contributed by atoms with E-state index in [9.17, 15) is 0 Å². The molecule has 4 unspecified atom stereocenters. The maximum atomic E-state index is 2.70. The van der Waals surface area contributed by atoms with E-state index in [0.29, 0.717) is 22.5 Å². The number of thiophene rings is 1. The van der Waals surface area contributed by atoms with Gasteiger partial charge in [-0.1, -0.05) is 152 Å². The van der Waals surface area contributed by atoms with Crippen molar-refractivity contribution in [2.45, 2.75) is 16.5 Å². The van der Waals surface area contributed by atoms with Crippen LogP contribution in [0.15, 0.2) is 206 Å². The lowest BCUT2D eigenvalue weighted by Gasteiger charge is -2.32. The number of allylic oxidation sites excluding steroid dienone is 2. The first kappa shape index (κ1) is 33.3. The van der Waals surface area contributed by atoms with Crippen molar-refractivity contribution in [2.75, 3.05) is 9.80 Å². The number of fused-ring (bicyclic) bond motifs is 7. The summed E-state index contributed by atoms with van der Waals surface area (Å²) in [6, 6.07) is 66.8. The number of hydrogen-bond donors (Lipinski definition) is 0. The van der Waals surface area contributed by atoms with E-state index in [1.54, 1.807) is 0 Å². The van der Waals surface area contributed by atoms with Crippen molar-refractivity contribution in [1.82, 2.24) is 0 Å². The molecule has 0 saturated carbocycles. The summed E-state index contributed by atoms with van der Waals surface area (Å²) < 4.78 is 1.38. The number of benzene rings is 7. The quantitative estimate of drug-likeness (QED) is 0.160. The lowest BCUT2D eigenvalue weighted by molar-refractivity contribution is 0.546. The van der Waals surface area contributed by atoms with Gasteiger partial charge < -0.3 is 9.80 Å². The predicted octanol–water partition coefficient (Wildman–Crippen LogP) is 14.8. The topological polar surface area (TPSA) is 6.48 Å². The van der Waals surface area contributed by atoms with Crippen LogP contribution >= 0.6 is 23.1 Å². The second-order valence-corrected chi connectivity index (χ2v) is 17.2. The molecular weight excluding hydrogens is 717 g/mol. The van der Waals surface area contributed by atoms with E-state index in [4.69, 9.17) is 0 Å². The lowest BCUT2D eigenvalue weighted by atomic mass is 9.90. The highest BCUT2D eigenvalue weighted by molar-refractivity contribution is 8.00. The number of rotatable bonds is 7. The van der Waals surface area contributed by atoms with Gasteiger partial charge in [0.1, 0.15) is 0 Å². The van der Waals surface area contributed by atoms with Gasteiger partial charge in [0.25, 0.3) is 0 Å². The Bertz CT molecular complexity index is 2670. The summed E-state index contributed by atoms with van der Waals surface area (Å²) in [5.74, 6) is 0.468. The van der Waals surface area contributed by atoms with Gasteiger partial charge in [0.2, 0.25) is 0 Å². The zero-order valence-corrected chi connectivity index (χ0v) is 32.3. The van der Waals surface area contributed by atoms with E-state index in [0.717, 1.165) is 17.1 Å². The van der Waals surface area contributed by atoms with E-state index >= 15 is 0 Å². The molecule has 1 aliphatic carbocycles. The van der Waals surface area contributed by atoms with E-state index in [1.165, 1.54) is 59.7 Å². The van der Waals surface area contributed by atoms with Crippen LogP contribution in [0, 0.1) is 5.92 Å². The molecule has 1 aromatic heterocycles. The molecule has 2 aliphatic heterocycles. The van der Waals surface area contributed by atoms with Crippen LogP contribution in [-0.2, 0) is 0 Å². The van der Waals surface area contributed by atoms with Crippen LogP contribution in [0.1, 0.15) is 10.1 Å². The van der Waals surface area contributed by atoms with Crippen molar-refractivity contribution in [3.8, 4) is 33.4 Å². The van der Waals surface area contributed by atoms with Crippen LogP contribution in [0.25, 0.3) is 43.5 Å². The summed E-state index contributed by atoms with van der Waals surface area (Å²) in [4.78, 5) is 6.60. The third-order valence-corrected chi connectivity index (χ3v) is 14.5. The molecule has 8 aromatic rings. The normalized spacial score (nSPS) is 19.2. The Kier molecular flexibility index (Phi) is 8.26. The highest BCUT2D eigenvalue weighted by Gasteiger charge is 2.53. The molecule has 0 spiro atoms. The molecule has 7 aromatic carbocycles. The summed E-state index contributed by atoms with van der Waals surface area (Å²) >= 11 is 4.14. The second kappa shape index (κ2) is 13.9. The minimum atomic E-state index is 0.381. The molecule has 1 fully saturated rings. The third kappa shape index (κ3) is 5.71. The summed E-state index contributed by atoms with van der Waals surface area (Å²) in [6.45, 7) is 0. The van der Waals surface area contributed by atoms with Gasteiger partial charge in [0.05, 0.1) is 17.0 Å². The fraction of sp³-hybridized carbons (Fsp3) is 0.0769. The highest BCUT2D eigenvalue weighted by atomic mass is 32.2. The zero-order valence-electron chi connectivity index (χ0n) is 30.7. The highest BCUT2D eigenvalue weighted by Crippen LogP contribution is 2.64. The first-order valence-electron chi connectivity index (χ1n) is 19.4. The number of hydrogen-bond acceptors (Lipinski definition) is 4. The molecule has 3 heterocycles. The van der Waals surface area contributed by atoms with Gasteiger partial charge in [-0.05, 0) is 88.0 Å². The molecule has 2 nitrogen and oxygen atoms in total. The number of anilines is 5. The molecular formula is C52H38N2S2. The van der Waals surface area contributed by atoms with Crippen molar-refractivity contribution in [1.29, 1.82) is 0 Å². The summed E-state index contributed by atoms with van der Waals surface area (Å²) in [5.41, 5.74) is 13.3. The molecule has 4 heteroatoms. The number of nitrogens with zero attached hydrogens (tertiary/aromatic N) is 2. The Hall–Kier alpha value is -6.07. The zero-order chi connectivity index (χ0) is 37.0. The van der Waals surface area contributed by atoms with Gasteiger partial charge in [-0.3, -0.25) is 0 Å².